The van der Waals surface area contributed by atoms with E-state index in [4.69, 9.17) is 4.74 Å². The van der Waals surface area contributed by atoms with E-state index in [1.807, 2.05) is 0 Å². The summed E-state index contributed by atoms with van der Waals surface area (Å²) in [5.41, 5.74) is 1.61. The van der Waals surface area contributed by atoms with Gasteiger partial charge in [0, 0.05) is 29.7 Å². The molecule has 1 fully saturated rings. The van der Waals surface area contributed by atoms with Crippen molar-refractivity contribution in [2.24, 2.45) is 0 Å². The Morgan fingerprint density at radius 2 is 2.26 bits per heavy atom. The highest BCUT2D eigenvalue weighted by Crippen LogP contribution is 2.29. The van der Waals surface area contributed by atoms with Crippen LogP contribution < -0.4 is 0 Å². The summed E-state index contributed by atoms with van der Waals surface area (Å²) >= 11 is 3.44. The zero-order chi connectivity index (χ0) is 13.4. The number of hydrogen-bond donors (Lipinski definition) is 0. The standard InChI is InChI=1S/C14H15BrFNO2/c15-11-3-4-12(16)10-8-17(6-5-9(10)11)14(18)13-2-1-7-19-13/h3-4,13H,1-2,5-8H2/t13-/m0/s1. The summed E-state index contributed by atoms with van der Waals surface area (Å²) in [6, 6.07) is 3.18. The lowest BCUT2D eigenvalue weighted by Crippen LogP contribution is -2.42. The topological polar surface area (TPSA) is 29.5 Å². The molecular weight excluding hydrogens is 313 g/mol. The molecule has 0 radical (unpaired) electrons. The number of carbonyl (C=O) groups excluding carboxylic acids is 1. The van der Waals surface area contributed by atoms with Crippen molar-refractivity contribution in [3.8, 4) is 0 Å². The third-order valence-electron chi connectivity index (χ3n) is 3.81. The van der Waals surface area contributed by atoms with Gasteiger partial charge in [-0.3, -0.25) is 4.79 Å². The van der Waals surface area contributed by atoms with Crippen LogP contribution in [0.2, 0.25) is 0 Å². The molecule has 2 aliphatic rings. The van der Waals surface area contributed by atoms with Crippen molar-refractivity contribution in [1.82, 2.24) is 4.90 Å². The molecule has 2 heterocycles. The van der Waals surface area contributed by atoms with Crippen molar-refractivity contribution >= 4 is 21.8 Å². The maximum Gasteiger partial charge on any atom is 0.252 e. The summed E-state index contributed by atoms with van der Waals surface area (Å²) in [6.45, 7) is 1.63. The Morgan fingerprint density at radius 1 is 1.42 bits per heavy atom. The molecule has 0 aliphatic carbocycles. The van der Waals surface area contributed by atoms with Gasteiger partial charge < -0.3 is 9.64 Å². The minimum Gasteiger partial charge on any atom is -0.368 e. The van der Waals surface area contributed by atoms with Gasteiger partial charge in [0.2, 0.25) is 0 Å². The number of halogens is 2. The minimum atomic E-state index is -0.322. The maximum absolute atomic E-state index is 13.9. The molecule has 0 saturated carbocycles. The van der Waals surface area contributed by atoms with E-state index in [-0.39, 0.29) is 17.8 Å². The zero-order valence-electron chi connectivity index (χ0n) is 10.5. The second-order valence-corrected chi connectivity index (χ2v) is 5.85. The SMILES string of the molecule is O=C([C@@H]1CCCO1)N1CCc2c(Br)ccc(F)c2C1. The Balaban J connectivity index is 1.82. The van der Waals surface area contributed by atoms with Gasteiger partial charge in [-0.25, -0.2) is 4.39 Å². The Hall–Kier alpha value is -0.940. The fourth-order valence-electron chi connectivity index (χ4n) is 2.76. The van der Waals surface area contributed by atoms with E-state index in [1.54, 1.807) is 11.0 Å². The number of fused-ring (bicyclic) bond motifs is 1. The Bertz CT molecular complexity index is 514. The van der Waals surface area contributed by atoms with Crippen molar-refractivity contribution in [2.75, 3.05) is 13.2 Å². The highest BCUT2D eigenvalue weighted by Gasteiger charge is 2.31. The number of nitrogens with zero attached hydrogens (tertiary/aromatic N) is 1. The van der Waals surface area contributed by atoms with E-state index in [9.17, 15) is 9.18 Å². The molecule has 1 atom stereocenters. The molecule has 1 saturated heterocycles. The maximum atomic E-state index is 13.9. The lowest BCUT2D eigenvalue weighted by Gasteiger charge is -2.31. The molecule has 0 unspecified atom stereocenters. The molecule has 0 spiro atoms. The first-order chi connectivity index (χ1) is 9.16. The summed E-state index contributed by atoms with van der Waals surface area (Å²) in [7, 11) is 0. The smallest absolute Gasteiger partial charge is 0.252 e. The number of benzene rings is 1. The van der Waals surface area contributed by atoms with E-state index in [1.165, 1.54) is 6.07 Å². The van der Waals surface area contributed by atoms with Crippen molar-refractivity contribution in [2.45, 2.75) is 31.9 Å². The van der Waals surface area contributed by atoms with Gasteiger partial charge in [-0.15, -0.1) is 0 Å². The van der Waals surface area contributed by atoms with Crippen LogP contribution in [0.4, 0.5) is 4.39 Å². The summed E-state index contributed by atoms with van der Waals surface area (Å²) in [5.74, 6) is -0.231. The van der Waals surface area contributed by atoms with Gasteiger partial charge >= 0.3 is 0 Å². The van der Waals surface area contributed by atoms with Crippen LogP contribution in [-0.4, -0.2) is 30.1 Å². The van der Waals surface area contributed by atoms with Crippen LogP contribution in [0.15, 0.2) is 16.6 Å². The number of amides is 1. The summed E-state index contributed by atoms with van der Waals surface area (Å²) < 4.78 is 20.2. The van der Waals surface area contributed by atoms with Crippen LogP contribution in [0, 0.1) is 5.82 Å². The van der Waals surface area contributed by atoms with Gasteiger partial charge in [0.1, 0.15) is 11.9 Å². The Kier molecular flexibility index (Phi) is 3.58. The molecule has 3 rings (SSSR count). The van der Waals surface area contributed by atoms with E-state index in [0.29, 0.717) is 31.7 Å². The second kappa shape index (κ2) is 5.21. The van der Waals surface area contributed by atoms with Gasteiger partial charge in [-0.2, -0.15) is 0 Å². The Morgan fingerprint density at radius 3 is 3.00 bits per heavy atom. The monoisotopic (exact) mass is 327 g/mol. The fourth-order valence-corrected chi connectivity index (χ4v) is 3.33. The van der Waals surface area contributed by atoms with Crippen LogP contribution in [0.5, 0.6) is 0 Å². The first kappa shape index (κ1) is 13.1. The second-order valence-electron chi connectivity index (χ2n) is 5.00. The number of hydrogen-bond acceptors (Lipinski definition) is 2. The minimum absolute atomic E-state index is 0.00234. The van der Waals surface area contributed by atoms with E-state index in [0.717, 1.165) is 22.9 Å². The molecule has 5 heteroatoms. The lowest BCUT2D eigenvalue weighted by atomic mass is 9.98. The summed E-state index contributed by atoms with van der Waals surface area (Å²) in [6.07, 6.45) is 2.08. The molecule has 0 N–H and O–H groups in total. The molecule has 3 nitrogen and oxygen atoms in total. The molecule has 19 heavy (non-hydrogen) atoms. The van der Waals surface area contributed by atoms with Crippen molar-refractivity contribution < 1.29 is 13.9 Å². The largest absolute Gasteiger partial charge is 0.368 e. The third kappa shape index (κ3) is 2.41. The highest BCUT2D eigenvalue weighted by atomic mass is 79.9. The van der Waals surface area contributed by atoms with Gasteiger partial charge in [0.05, 0.1) is 0 Å². The lowest BCUT2D eigenvalue weighted by molar-refractivity contribution is -0.141. The first-order valence-electron chi connectivity index (χ1n) is 6.53. The van der Waals surface area contributed by atoms with Crippen LogP contribution in [0.3, 0.4) is 0 Å². The van der Waals surface area contributed by atoms with Crippen LogP contribution >= 0.6 is 15.9 Å². The quantitative estimate of drug-likeness (QED) is 0.793. The average molecular weight is 328 g/mol. The molecule has 0 bridgehead atoms. The van der Waals surface area contributed by atoms with E-state index >= 15 is 0 Å². The Labute approximate surface area is 119 Å². The zero-order valence-corrected chi connectivity index (χ0v) is 12.1. The summed E-state index contributed by atoms with van der Waals surface area (Å²) in [4.78, 5) is 14.0. The summed E-state index contributed by atoms with van der Waals surface area (Å²) in [5, 5.41) is 0. The molecule has 1 aromatic rings. The molecule has 2 aliphatic heterocycles. The van der Waals surface area contributed by atoms with Gasteiger partial charge in [0.25, 0.3) is 5.91 Å². The number of ether oxygens (including phenoxy) is 1. The van der Waals surface area contributed by atoms with Gasteiger partial charge in [0.15, 0.2) is 0 Å². The average Bonchev–Trinajstić information content (AvgIpc) is 2.96. The van der Waals surface area contributed by atoms with E-state index in [2.05, 4.69) is 15.9 Å². The predicted molar refractivity (Wildman–Crippen MR) is 72.2 cm³/mol. The van der Waals surface area contributed by atoms with Crippen molar-refractivity contribution in [1.29, 1.82) is 0 Å². The fraction of sp³-hybridized carbons (Fsp3) is 0.500. The molecule has 102 valence electrons. The van der Waals surface area contributed by atoms with Crippen LogP contribution in [0.1, 0.15) is 24.0 Å². The van der Waals surface area contributed by atoms with Gasteiger partial charge in [-0.05, 0) is 37.0 Å². The van der Waals surface area contributed by atoms with Crippen molar-refractivity contribution in [3.05, 3.63) is 33.5 Å². The number of rotatable bonds is 1. The van der Waals surface area contributed by atoms with E-state index < -0.39 is 0 Å². The normalized spacial score (nSPS) is 22.4. The molecule has 1 aromatic carbocycles. The third-order valence-corrected chi connectivity index (χ3v) is 4.56. The molecular formula is C14H15BrFNO2. The molecule has 0 aromatic heterocycles. The first-order valence-corrected chi connectivity index (χ1v) is 7.32. The van der Waals surface area contributed by atoms with Crippen molar-refractivity contribution in [3.63, 3.8) is 0 Å². The van der Waals surface area contributed by atoms with Gasteiger partial charge in [-0.1, -0.05) is 15.9 Å². The predicted octanol–water partition coefficient (Wildman–Crippen LogP) is 2.65. The van der Waals surface area contributed by atoms with Crippen LogP contribution in [-0.2, 0) is 22.5 Å². The highest BCUT2D eigenvalue weighted by molar-refractivity contribution is 9.10. The number of carbonyl (C=O) groups is 1. The van der Waals surface area contributed by atoms with Crippen LogP contribution in [0.25, 0.3) is 0 Å². The molecule has 1 amide bonds.